The van der Waals surface area contributed by atoms with Gasteiger partial charge in [-0.25, -0.2) is 0 Å². The predicted molar refractivity (Wildman–Crippen MR) is 245 cm³/mol. The summed E-state index contributed by atoms with van der Waals surface area (Å²) < 4.78 is 2.44. The molecule has 0 fully saturated rings. The molecule has 2 nitrogen and oxygen atoms in total. The van der Waals surface area contributed by atoms with Crippen LogP contribution in [-0.2, 0) is 0 Å². The molecule has 0 aliphatic heterocycles. The molecule has 0 atom stereocenters. The van der Waals surface area contributed by atoms with Crippen LogP contribution in [0.3, 0.4) is 0 Å². The fourth-order valence-corrected chi connectivity index (χ4v) is 8.52. The van der Waals surface area contributed by atoms with Gasteiger partial charge in [0.05, 0.1) is 11.2 Å². The highest BCUT2D eigenvalue weighted by atomic mass is 15.1. The first-order valence-corrected chi connectivity index (χ1v) is 20.1. The summed E-state index contributed by atoms with van der Waals surface area (Å²) in [7, 11) is 0. The second kappa shape index (κ2) is 15.6. The lowest BCUT2D eigenvalue weighted by molar-refractivity contribution is 0.930. The van der Waals surface area contributed by atoms with Gasteiger partial charge in [0, 0.05) is 33.7 Å². The number of aromatic nitrogens is 1. The monoisotopic (exact) mass is 742 g/mol. The van der Waals surface area contributed by atoms with Crippen LogP contribution in [0.15, 0.2) is 236 Å². The van der Waals surface area contributed by atoms with Crippen molar-refractivity contribution < 1.29 is 0 Å². The third-order valence-electron chi connectivity index (χ3n) is 11.3. The van der Waals surface area contributed by atoms with Crippen LogP contribution in [0.4, 0.5) is 11.4 Å². The Morgan fingerprint density at radius 3 is 1.55 bits per heavy atom. The van der Waals surface area contributed by atoms with Crippen molar-refractivity contribution in [3.8, 4) is 50.3 Å². The van der Waals surface area contributed by atoms with Crippen LogP contribution in [-0.4, -0.2) is 4.57 Å². The van der Waals surface area contributed by atoms with Gasteiger partial charge in [0.1, 0.15) is 0 Å². The molecule has 0 amide bonds. The average molecular weight is 743 g/mol. The summed E-state index contributed by atoms with van der Waals surface area (Å²) in [5, 5.41) is 1.24. The minimum atomic E-state index is 0.949. The van der Waals surface area contributed by atoms with E-state index in [2.05, 4.69) is 240 Å². The smallest absolute Gasteiger partial charge is 0.0619 e. The topological polar surface area (TPSA) is 8.17 Å². The van der Waals surface area contributed by atoms with E-state index < -0.39 is 0 Å². The Hall–Kier alpha value is -7.42. The molecule has 0 radical (unpaired) electrons. The first-order valence-electron chi connectivity index (χ1n) is 20.1. The molecule has 1 heterocycles. The van der Waals surface area contributed by atoms with Gasteiger partial charge in [-0.2, -0.15) is 0 Å². The summed E-state index contributed by atoms with van der Waals surface area (Å²) in [5.41, 5.74) is 18.3. The maximum absolute atomic E-state index is 2.44. The Balaban J connectivity index is 0.967. The molecule has 0 spiro atoms. The first kappa shape index (κ1) is 35.0. The zero-order chi connectivity index (χ0) is 38.7. The molecule has 9 aromatic rings. The van der Waals surface area contributed by atoms with Crippen LogP contribution >= 0.6 is 0 Å². The Morgan fingerprint density at radius 2 is 0.879 bits per heavy atom. The van der Waals surface area contributed by atoms with Gasteiger partial charge < -0.3 is 9.47 Å². The third-order valence-corrected chi connectivity index (χ3v) is 11.3. The summed E-state index contributed by atoms with van der Waals surface area (Å²) in [5.74, 6) is 0. The zero-order valence-electron chi connectivity index (χ0n) is 32.2. The van der Waals surface area contributed by atoms with Crippen molar-refractivity contribution in [2.45, 2.75) is 12.8 Å². The Labute approximate surface area is 340 Å². The van der Waals surface area contributed by atoms with E-state index in [9.17, 15) is 0 Å². The van der Waals surface area contributed by atoms with Crippen molar-refractivity contribution in [3.63, 3.8) is 0 Å². The Bertz CT molecular complexity index is 2890. The van der Waals surface area contributed by atoms with Crippen molar-refractivity contribution in [2.75, 3.05) is 4.90 Å². The number of allylic oxidation sites excluding steroid dienone is 4. The highest BCUT2D eigenvalue weighted by Gasteiger charge is 2.22. The summed E-state index contributed by atoms with van der Waals surface area (Å²) in [6, 6.07) is 78.7. The second-order valence-corrected chi connectivity index (χ2v) is 14.9. The van der Waals surface area contributed by atoms with Crippen molar-refractivity contribution in [2.24, 2.45) is 0 Å². The minimum absolute atomic E-state index is 0.949. The van der Waals surface area contributed by atoms with E-state index in [0.29, 0.717) is 0 Å². The van der Waals surface area contributed by atoms with Gasteiger partial charge >= 0.3 is 0 Å². The van der Waals surface area contributed by atoms with E-state index in [1.807, 2.05) is 0 Å². The number of nitrogens with zero attached hydrogens (tertiary/aromatic N) is 2. The minimum Gasteiger partial charge on any atom is -0.314 e. The van der Waals surface area contributed by atoms with Crippen LogP contribution < -0.4 is 4.90 Å². The molecular weight excluding hydrogens is 701 g/mol. The molecule has 0 unspecified atom stereocenters. The number of anilines is 2. The molecule has 0 N–H and O–H groups in total. The molecule has 276 valence electrons. The summed E-state index contributed by atoms with van der Waals surface area (Å²) in [6.07, 6.45) is 6.54. The second-order valence-electron chi connectivity index (χ2n) is 14.9. The lowest BCUT2D eigenvalue weighted by atomic mass is 9.93. The maximum atomic E-state index is 2.44. The number of rotatable bonds is 9. The third kappa shape index (κ3) is 6.76. The molecule has 0 saturated heterocycles. The molecule has 0 bridgehead atoms. The summed E-state index contributed by atoms with van der Waals surface area (Å²) in [6.45, 7) is 0. The van der Waals surface area contributed by atoms with Gasteiger partial charge in [0.25, 0.3) is 0 Å². The SMILES string of the molecule is C1=C(c2ccc(-c3cccc(-n4c(-c5ccccc5)c(-c5ccccc5)c5ccccc54)c3)cc2)CCC(N(c2ccccc2)c2ccc(-c3ccccc3)cc2)=C1. The van der Waals surface area contributed by atoms with Crippen LogP contribution in [0, 0.1) is 0 Å². The quantitative estimate of drug-likeness (QED) is 0.143. The molecule has 10 rings (SSSR count). The number of hydrogen-bond donors (Lipinski definition) is 0. The van der Waals surface area contributed by atoms with Crippen LogP contribution in [0.2, 0.25) is 0 Å². The lowest BCUT2D eigenvalue weighted by Gasteiger charge is -2.30. The fourth-order valence-electron chi connectivity index (χ4n) is 8.52. The molecule has 1 aromatic heterocycles. The van der Waals surface area contributed by atoms with E-state index in [-0.39, 0.29) is 0 Å². The summed E-state index contributed by atoms with van der Waals surface area (Å²) in [4.78, 5) is 2.40. The Morgan fingerprint density at radius 1 is 0.362 bits per heavy atom. The first-order chi connectivity index (χ1) is 28.8. The van der Waals surface area contributed by atoms with E-state index in [1.54, 1.807) is 0 Å². The fraction of sp³-hybridized carbons (Fsp3) is 0.0357. The predicted octanol–water partition coefficient (Wildman–Crippen LogP) is 15.2. The van der Waals surface area contributed by atoms with Gasteiger partial charge in [-0.05, 0) is 106 Å². The highest BCUT2D eigenvalue weighted by molar-refractivity contribution is 6.05. The molecule has 0 saturated carbocycles. The van der Waals surface area contributed by atoms with Crippen molar-refractivity contribution >= 4 is 27.9 Å². The lowest BCUT2D eigenvalue weighted by Crippen LogP contribution is -2.17. The van der Waals surface area contributed by atoms with Gasteiger partial charge in [0.2, 0.25) is 0 Å². The Kier molecular flexibility index (Phi) is 9.43. The molecule has 2 heteroatoms. The van der Waals surface area contributed by atoms with E-state index in [1.165, 1.54) is 83.7 Å². The number of hydrogen-bond acceptors (Lipinski definition) is 1. The standard InChI is InChI=1S/C56H42N2/c1-5-16-41(17-6-1)43-32-36-50(37-33-43)57(49-23-11-4-12-24-49)51-38-34-44(35-39-51)42-28-30-45(31-29-42)48-22-15-25-52(40-48)58-54-27-14-13-26-53(54)55(46-18-7-2-8-19-46)56(58)47-20-9-3-10-21-47/h1-34,36-38,40H,35,39H2. The summed E-state index contributed by atoms with van der Waals surface area (Å²) >= 11 is 0. The van der Waals surface area contributed by atoms with Gasteiger partial charge in [-0.15, -0.1) is 0 Å². The molecular formula is C56H42N2. The van der Waals surface area contributed by atoms with Gasteiger partial charge in [-0.1, -0.05) is 182 Å². The van der Waals surface area contributed by atoms with Crippen molar-refractivity contribution in [1.29, 1.82) is 0 Å². The number of benzene rings is 8. The van der Waals surface area contributed by atoms with E-state index >= 15 is 0 Å². The van der Waals surface area contributed by atoms with Gasteiger partial charge in [0.15, 0.2) is 0 Å². The molecule has 58 heavy (non-hydrogen) atoms. The zero-order valence-corrected chi connectivity index (χ0v) is 32.2. The van der Waals surface area contributed by atoms with Crippen molar-refractivity contribution in [1.82, 2.24) is 4.57 Å². The normalized spacial score (nSPS) is 12.6. The maximum Gasteiger partial charge on any atom is 0.0619 e. The van der Waals surface area contributed by atoms with Crippen LogP contribution in [0.5, 0.6) is 0 Å². The van der Waals surface area contributed by atoms with Crippen LogP contribution in [0.25, 0.3) is 66.8 Å². The molecule has 1 aliphatic carbocycles. The number of fused-ring (bicyclic) bond motifs is 1. The molecule has 1 aliphatic rings. The van der Waals surface area contributed by atoms with E-state index in [4.69, 9.17) is 0 Å². The van der Waals surface area contributed by atoms with E-state index in [0.717, 1.165) is 18.5 Å². The largest absolute Gasteiger partial charge is 0.314 e. The average Bonchev–Trinajstić information content (AvgIpc) is 3.66. The van der Waals surface area contributed by atoms with Gasteiger partial charge in [-0.3, -0.25) is 0 Å². The highest BCUT2D eigenvalue weighted by Crippen LogP contribution is 2.43. The number of para-hydroxylation sites is 2. The van der Waals surface area contributed by atoms with Crippen molar-refractivity contribution in [3.05, 3.63) is 242 Å². The molecule has 8 aromatic carbocycles. The van der Waals surface area contributed by atoms with Crippen LogP contribution in [0.1, 0.15) is 18.4 Å².